The zero-order valence-corrected chi connectivity index (χ0v) is 22.4. The number of carbonyl (C=O) groups is 1. The topological polar surface area (TPSA) is 114 Å². The highest BCUT2D eigenvalue weighted by molar-refractivity contribution is 7.92. The summed E-state index contributed by atoms with van der Waals surface area (Å²) in [7, 11) is -4.18. The van der Waals surface area contributed by atoms with Crippen molar-refractivity contribution >= 4 is 27.4 Å². The molecule has 1 saturated carbocycles. The zero-order valence-electron chi connectivity index (χ0n) is 21.6. The number of morpholine rings is 1. The van der Waals surface area contributed by atoms with E-state index in [1.165, 1.54) is 0 Å². The van der Waals surface area contributed by atoms with Crippen LogP contribution in [0.15, 0.2) is 53.4 Å². The first-order valence-electron chi connectivity index (χ1n) is 12.7. The predicted molar refractivity (Wildman–Crippen MR) is 142 cm³/mol. The van der Waals surface area contributed by atoms with Crippen LogP contribution in [0.4, 0.5) is 25.1 Å². The van der Waals surface area contributed by atoms with E-state index >= 15 is 0 Å². The average molecular weight is 558 g/mol. The van der Waals surface area contributed by atoms with Crippen molar-refractivity contribution in [2.75, 3.05) is 36.5 Å². The molecule has 1 atom stereocenters. The number of amides is 2. The predicted octanol–water partition coefficient (Wildman–Crippen LogP) is 4.25. The van der Waals surface area contributed by atoms with E-state index in [4.69, 9.17) is 9.72 Å². The molecule has 0 radical (unpaired) electrons. The Hall–Kier alpha value is -3.64. The minimum Gasteiger partial charge on any atom is -0.377 e. The molecular weight excluding hydrogens is 528 g/mol. The van der Waals surface area contributed by atoms with E-state index in [1.807, 2.05) is 18.7 Å². The summed E-state index contributed by atoms with van der Waals surface area (Å²) in [4.78, 5) is 22.9. The van der Waals surface area contributed by atoms with Gasteiger partial charge < -0.3 is 20.3 Å². The van der Waals surface area contributed by atoms with Crippen LogP contribution in [0.5, 0.6) is 0 Å². The molecule has 2 aromatic carbocycles. The molecule has 0 spiro atoms. The van der Waals surface area contributed by atoms with Crippen LogP contribution >= 0.6 is 0 Å². The third-order valence-electron chi connectivity index (χ3n) is 6.94. The Balaban J connectivity index is 1.58. The number of benzene rings is 2. The Kier molecular flexibility index (Phi) is 7.25. The van der Waals surface area contributed by atoms with Gasteiger partial charge in [-0.3, -0.25) is 0 Å². The van der Waals surface area contributed by atoms with Crippen LogP contribution in [0, 0.1) is 11.6 Å². The quantitative estimate of drug-likeness (QED) is 0.447. The number of nitrogens with one attached hydrogen (secondary N) is 2. The normalized spacial score (nSPS) is 18.5. The molecule has 1 aliphatic carbocycles. The van der Waals surface area contributed by atoms with Gasteiger partial charge in [-0.2, -0.15) is 0 Å². The average Bonchev–Trinajstić information content (AvgIpc) is 3.72. The molecule has 2 N–H and O–H groups in total. The first kappa shape index (κ1) is 26.9. The lowest BCUT2D eigenvalue weighted by atomic mass is 10.1. The van der Waals surface area contributed by atoms with Crippen LogP contribution in [-0.2, 0) is 19.3 Å². The molecule has 2 aliphatic rings. The van der Waals surface area contributed by atoms with Crippen molar-refractivity contribution in [3.63, 3.8) is 0 Å². The number of sulfone groups is 1. The van der Waals surface area contributed by atoms with Gasteiger partial charge in [0, 0.05) is 36.5 Å². The molecule has 3 aromatic rings. The lowest BCUT2D eigenvalue weighted by Crippen LogP contribution is -2.44. The van der Waals surface area contributed by atoms with Crippen LogP contribution in [0.1, 0.15) is 32.4 Å². The fourth-order valence-electron chi connectivity index (χ4n) is 4.74. The maximum Gasteiger partial charge on any atom is 0.319 e. The third-order valence-corrected chi connectivity index (χ3v) is 9.45. The molecule has 206 valence electrons. The van der Waals surface area contributed by atoms with Crippen molar-refractivity contribution in [3.8, 4) is 11.4 Å². The van der Waals surface area contributed by atoms with E-state index in [9.17, 15) is 22.0 Å². The number of rotatable bonds is 7. The standard InChI is InChI=1S/C27H29F2N5O4S/c1-3-30-26(35)31-21-6-4-18(5-7-21)25-32-23(15-24(33-25)34-10-11-38-16-17(34)2)27(8-9-27)39(36,37)22-13-19(28)12-20(29)14-22/h4-7,12-15,17H,3,8-11,16H2,1-2H3,(H2,30,31,35)/t17-/m0/s1. The molecule has 0 unspecified atom stereocenters. The maximum atomic E-state index is 14.0. The lowest BCUT2D eigenvalue weighted by molar-refractivity contribution is 0.0985. The van der Waals surface area contributed by atoms with E-state index < -0.39 is 31.1 Å². The van der Waals surface area contributed by atoms with Crippen LogP contribution in [0.25, 0.3) is 11.4 Å². The smallest absolute Gasteiger partial charge is 0.319 e. The summed E-state index contributed by atoms with van der Waals surface area (Å²) in [5.74, 6) is -1.08. The maximum absolute atomic E-state index is 14.0. The fraction of sp³-hybridized carbons (Fsp3) is 0.370. The number of aromatic nitrogens is 2. The second kappa shape index (κ2) is 10.5. The molecule has 1 aromatic heterocycles. The van der Waals surface area contributed by atoms with Crippen molar-refractivity contribution in [2.24, 2.45) is 0 Å². The number of anilines is 2. The van der Waals surface area contributed by atoms with Crippen molar-refractivity contribution < 1.29 is 26.7 Å². The van der Waals surface area contributed by atoms with Gasteiger partial charge in [-0.1, -0.05) is 0 Å². The van der Waals surface area contributed by atoms with Crippen molar-refractivity contribution in [2.45, 2.75) is 42.4 Å². The van der Waals surface area contributed by atoms with Gasteiger partial charge in [0.05, 0.1) is 29.8 Å². The van der Waals surface area contributed by atoms with E-state index in [-0.39, 0.29) is 30.6 Å². The summed E-state index contributed by atoms with van der Waals surface area (Å²) >= 11 is 0. The summed E-state index contributed by atoms with van der Waals surface area (Å²) in [6.07, 6.45) is 0.523. The van der Waals surface area contributed by atoms with E-state index in [2.05, 4.69) is 15.6 Å². The van der Waals surface area contributed by atoms with Crippen molar-refractivity contribution in [1.29, 1.82) is 0 Å². The Morgan fingerprint density at radius 1 is 1.10 bits per heavy atom. The minimum absolute atomic E-state index is 0.0120. The number of nitrogens with zero attached hydrogens (tertiary/aromatic N) is 3. The van der Waals surface area contributed by atoms with Gasteiger partial charge >= 0.3 is 6.03 Å². The molecular formula is C27H29F2N5O4S. The number of hydrogen-bond acceptors (Lipinski definition) is 7. The largest absolute Gasteiger partial charge is 0.377 e. The second-order valence-electron chi connectivity index (χ2n) is 9.72. The Morgan fingerprint density at radius 2 is 1.79 bits per heavy atom. The SMILES string of the molecule is CCNC(=O)Nc1ccc(-c2nc(N3CCOC[C@@H]3C)cc(C3(S(=O)(=O)c4cc(F)cc(F)c4)CC3)n2)cc1. The summed E-state index contributed by atoms with van der Waals surface area (Å²) in [6, 6.07) is 10.5. The molecule has 12 heteroatoms. The Labute approximate surface area is 225 Å². The summed E-state index contributed by atoms with van der Waals surface area (Å²) < 4.78 is 59.6. The molecule has 2 heterocycles. The second-order valence-corrected chi connectivity index (χ2v) is 12.0. The van der Waals surface area contributed by atoms with Crippen LogP contribution in [0.3, 0.4) is 0 Å². The molecule has 0 bridgehead atoms. The van der Waals surface area contributed by atoms with Crippen molar-refractivity contribution in [3.05, 3.63) is 65.9 Å². The van der Waals surface area contributed by atoms with Crippen LogP contribution in [0.2, 0.25) is 0 Å². The van der Waals surface area contributed by atoms with E-state index in [0.717, 1.165) is 12.1 Å². The van der Waals surface area contributed by atoms with Crippen LogP contribution < -0.4 is 15.5 Å². The Morgan fingerprint density at radius 3 is 2.41 bits per heavy atom. The fourth-order valence-corrected chi connectivity index (χ4v) is 6.74. The van der Waals surface area contributed by atoms with E-state index in [1.54, 1.807) is 30.3 Å². The van der Waals surface area contributed by atoms with Crippen molar-refractivity contribution in [1.82, 2.24) is 15.3 Å². The van der Waals surface area contributed by atoms with Gasteiger partial charge in [0.25, 0.3) is 0 Å². The molecule has 1 saturated heterocycles. The molecule has 9 nitrogen and oxygen atoms in total. The molecule has 2 amide bonds. The van der Waals surface area contributed by atoms with E-state index in [0.29, 0.717) is 55.3 Å². The number of carbonyl (C=O) groups excluding carboxylic acids is 1. The first-order chi connectivity index (χ1) is 18.6. The minimum atomic E-state index is -4.18. The van der Waals surface area contributed by atoms with Gasteiger partial charge in [-0.15, -0.1) is 0 Å². The van der Waals surface area contributed by atoms with Gasteiger partial charge in [0.1, 0.15) is 22.2 Å². The highest BCUT2D eigenvalue weighted by Crippen LogP contribution is 2.55. The molecule has 5 rings (SSSR count). The highest BCUT2D eigenvalue weighted by atomic mass is 32.2. The van der Waals surface area contributed by atoms with Gasteiger partial charge in [0.2, 0.25) is 0 Å². The number of ether oxygens (including phenoxy) is 1. The lowest BCUT2D eigenvalue weighted by Gasteiger charge is -2.34. The zero-order chi connectivity index (χ0) is 27.8. The number of halogens is 2. The summed E-state index contributed by atoms with van der Waals surface area (Å²) in [5, 5.41) is 5.39. The van der Waals surface area contributed by atoms with Gasteiger partial charge in [-0.05, 0) is 63.1 Å². The Bertz CT molecular complexity index is 1480. The van der Waals surface area contributed by atoms with Crippen LogP contribution in [-0.4, -0.2) is 56.8 Å². The van der Waals surface area contributed by atoms with Gasteiger partial charge in [-0.25, -0.2) is 32.0 Å². The molecule has 2 fully saturated rings. The summed E-state index contributed by atoms with van der Waals surface area (Å²) in [5.41, 5.74) is 1.46. The summed E-state index contributed by atoms with van der Waals surface area (Å²) in [6.45, 7) is 5.83. The third kappa shape index (κ3) is 5.30. The molecule has 39 heavy (non-hydrogen) atoms. The number of urea groups is 1. The first-order valence-corrected chi connectivity index (χ1v) is 14.2. The molecule has 1 aliphatic heterocycles. The number of hydrogen-bond donors (Lipinski definition) is 2. The monoisotopic (exact) mass is 557 g/mol. The highest BCUT2D eigenvalue weighted by Gasteiger charge is 2.58. The van der Waals surface area contributed by atoms with Gasteiger partial charge in [0.15, 0.2) is 15.7 Å².